The molecule has 3 rings (SSSR count). The zero-order valence-electron chi connectivity index (χ0n) is 12.3. The summed E-state index contributed by atoms with van der Waals surface area (Å²) in [7, 11) is 0. The molecule has 2 aliphatic rings. The summed E-state index contributed by atoms with van der Waals surface area (Å²) in [6.07, 6.45) is 0.0569. The number of nitrogens with zero attached hydrogens (tertiary/aromatic N) is 2. The van der Waals surface area contributed by atoms with E-state index in [1.54, 1.807) is 12.1 Å². The van der Waals surface area contributed by atoms with Crippen LogP contribution in [0, 0.1) is 5.82 Å². The lowest BCUT2D eigenvalue weighted by molar-refractivity contribution is 0.145. The summed E-state index contributed by atoms with van der Waals surface area (Å²) in [5, 5.41) is 0. The maximum atomic E-state index is 14.4. The summed E-state index contributed by atoms with van der Waals surface area (Å²) in [5.74, 6) is -0.344. The molecule has 22 heavy (non-hydrogen) atoms. The first kappa shape index (κ1) is 15.1. The molecule has 1 aromatic carbocycles. The van der Waals surface area contributed by atoms with Crippen LogP contribution in [0.2, 0.25) is 0 Å². The number of amides is 1. The highest BCUT2D eigenvalue weighted by atomic mass is 19.1. The van der Waals surface area contributed by atoms with Crippen LogP contribution in [0.1, 0.15) is 6.42 Å². The maximum absolute atomic E-state index is 14.4. The molecule has 2 aliphatic heterocycles. The predicted molar refractivity (Wildman–Crippen MR) is 80.7 cm³/mol. The molecule has 120 valence electrons. The third-order valence-corrected chi connectivity index (χ3v) is 3.94. The van der Waals surface area contributed by atoms with Gasteiger partial charge < -0.3 is 20.1 Å². The van der Waals surface area contributed by atoms with Gasteiger partial charge in [0.2, 0.25) is 0 Å². The second-order valence-corrected chi connectivity index (χ2v) is 5.44. The molecule has 0 unspecified atom stereocenters. The minimum absolute atomic E-state index is 0.260. The number of rotatable bonds is 3. The Labute approximate surface area is 128 Å². The topological polar surface area (TPSA) is 68.0 Å². The molecule has 0 aromatic heterocycles. The van der Waals surface area contributed by atoms with Gasteiger partial charge in [0.1, 0.15) is 11.9 Å². The van der Waals surface area contributed by atoms with Gasteiger partial charge in [-0.15, -0.1) is 0 Å². The zero-order valence-corrected chi connectivity index (χ0v) is 12.3. The highest BCUT2D eigenvalue weighted by Crippen LogP contribution is 2.28. The van der Waals surface area contributed by atoms with E-state index in [-0.39, 0.29) is 18.5 Å². The Balaban J connectivity index is 1.78. The molecule has 0 bridgehead atoms. The molecule has 0 spiro atoms. The van der Waals surface area contributed by atoms with Gasteiger partial charge in [-0.25, -0.2) is 9.18 Å². The van der Waals surface area contributed by atoms with Crippen LogP contribution in [-0.4, -0.2) is 51.6 Å². The Morgan fingerprint density at radius 3 is 2.91 bits per heavy atom. The van der Waals surface area contributed by atoms with Crippen LogP contribution in [0.5, 0.6) is 0 Å². The van der Waals surface area contributed by atoms with Crippen LogP contribution in [0.3, 0.4) is 0 Å². The van der Waals surface area contributed by atoms with Crippen molar-refractivity contribution in [3.05, 3.63) is 24.0 Å². The summed E-state index contributed by atoms with van der Waals surface area (Å²) < 4.78 is 24.9. The first-order chi connectivity index (χ1) is 10.7. The number of nitrogens with two attached hydrogens (primary N) is 1. The molecular weight excluding hydrogens is 289 g/mol. The van der Waals surface area contributed by atoms with Crippen LogP contribution >= 0.6 is 0 Å². The highest BCUT2D eigenvalue weighted by molar-refractivity contribution is 5.90. The van der Waals surface area contributed by atoms with E-state index < -0.39 is 6.09 Å². The average Bonchev–Trinajstić information content (AvgIpc) is 2.73. The molecule has 0 aliphatic carbocycles. The Morgan fingerprint density at radius 2 is 2.18 bits per heavy atom. The molecule has 2 heterocycles. The minimum Gasteiger partial charge on any atom is -0.443 e. The number of carbonyl (C=O) groups excluding carboxylic acids is 1. The summed E-state index contributed by atoms with van der Waals surface area (Å²) >= 11 is 0. The standard InChI is InChI=1S/C15H20FN3O3/c16-13-8-11(19-10-12(9-17)22-15(19)20)2-3-14(13)18-4-1-6-21-7-5-18/h2-3,8,12H,1,4-7,9-10,17H2/t12-/m0/s1. The van der Waals surface area contributed by atoms with Gasteiger partial charge in [-0.05, 0) is 24.6 Å². The van der Waals surface area contributed by atoms with Crippen LogP contribution < -0.4 is 15.5 Å². The molecule has 1 amide bonds. The average molecular weight is 309 g/mol. The number of cyclic esters (lactones) is 1. The lowest BCUT2D eigenvalue weighted by atomic mass is 10.2. The van der Waals surface area contributed by atoms with Crippen LogP contribution in [0.25, 0.3) is 0 Å². The van der Waals surface area contributed by atoms with Gasteiger partial charge in [0.25, 0.3) is 0 Å². The van der Waals surface area contributed by atoms with Crippen molar-refractivity contribution >= 4 is 17.5 Å². The highest BCUT2D eigenvalue weighted by Gasteiger charge is 2.31. The van der Waals surface area contributed by atoms with E-state index in [9.17, 15) is 9.18 Å². The Bertz CT molecular complexity index is 547. The smallest absolute Gasteiger partial charge is 0.414 e. The lowest BCUT2D eigenvalue weighted by Gasteiger charge is -2.23. The molecule has 1 aromatic rings. The SMILES string of the molecule is NC[C@H]1CN(c2ccc(N3CCCOCC3)c(F)c2)C(=O)O1. The van der Waals surface area contributed by atoms with Crippen molar-refractivity contribution in [3.63, 3.8) is 0 Å². The minimum atomic E-state index is -0.481. The summed E-state index contributed by atoms with van der Waals surface area (Å²) in [6, 6.07) is 4.82. The van der Waals surface area contributed by atoms with E-state index in [1.165, 1.54) is 11.0 Å². The van der Waals surface area contributed by atoms with Crippen molar-refractivity contribution in [3.8, 4) is 0 Å². The van der Waals surface area contributed by atoms with E-state index in [0.717, 1.165) is 13.0 Å². The monoisotopic (exact) mass is 309 g/mol. The Morgan fingerprint density at radius 1 is 1.32 bits per heavy atom. The maximum Gasteiger partial charge on any atom is 0.414 e. The third kappa shape index (κ3) is 3.00. The van der Waals surface area contributed by atoms with Gasteiger partial charge in [0, 0.05) is 26.2 Å². The number of hydrogen-bond donors (Lipinski definition) is 1. The van der Waals surface area contributed by atoms with Gasteiger partial charge in [0.05, 0.1) is 24.5 Å². The fraction of sp³-hybridized carbons (Fsp3) is 0.533. The quantitative estimate of drug-likeness (QED) is 0.912. The first-order valence-corrected chi connectivity index (χ1v) is 7.49. The van der Waals surface area contributed by atoms with E-state index >= 15 is 0 Å². The van der Waals surface area contributed by atoms with Crippen molar-refractivity contribution in [1.29, 1.82) is 0 Å². The number of anilines is 2. The summed E-state index contributed by atoms with van der Waals surface area (Å²) in [5.41, 5.74) is 6.54. The molecule has 0 saturated carbocycles. The summed E-state index contributed by atoms with van der Waals surface area (Å²) in [4.78, 5) is 15.2. The molecule has 6 nitrogen and oxygen atoms in total. The molecule has 0 radical (unpaired) electrons. The molecule has 2 fully saturated rings. The van der Waals surface area contributed by atoms with Crippen molar-refractivity contribution in [2.45, 2.75) is 12.5 Å². The first-order valence-electron chi connectivity index (χ1n) is 7.49. The van der Waals surface area contributed by atoms with Gasteiger partial charge in [-0.3, -0.25) is 4.90 Å². The second kappa shape index (κ2) is 6.50. The van der Waals surface area contributed by atoms with Crippen LogP contribution in [0.15, 0.2) is 18.2 Å². The number of benzene rings is 1. The van der Waals surface area contributed by atoms with Gasteiger partial charge in [0.15, 0.2) is 0 Å². The fourth-order valence-corrected chi connectivity index (χ4v) is 2.76. The number of carbonyl (C=O) groups is 1. The van der Waals surface area contributed by atoms with Crippen molar-refractivity contribution < 1.29 is 18.7 Å². The van der Waals surface area contributed by atoms with E-state index in [1.807, 2.05) is 4.90 Å². The van der Waals surface area contributed by atoms with Gasteiger partial charge in [-0.1, -0.05) is 0 Å². The zero-order chi connectivity index (χ0) is 15.5. The molecule has 7 heteroatoms. The molecule has 2 N–H and O–H groups in total. The fourth-order valence-electron chi connectivity index (χ4n) is 2.76. The van der Waals surface area contributed by atoms with E-state index in [4.69, 9.17) is 15.2 Å². The van der Waals surface area contributed by atoms with Crippen molar-refractivity contribution in [2.75, 3.05) is 49.2 Å². The number of hydrogen-bond acceptors (Lipinski definition) is 5. The largest absolute Gasteiger partial charge is 0.443 e. The van der Waals surface area contributed by atoms with E-state index in [2.05, 4.69) is 0 Å². The van der Waals surface area contributed by atoms with Gasteiger partial charge in [-0.2, -0.15) is 0 Å². The van der Waals surface area contributed by atoms with E-state index in [0.29, 0.717) is 37.7 Å². The second-order valence-electron chi connectivity index (χ2n) is 5.44. The third-order valence-electron chi connectivity index (χ3n) is 3.94. The number of ether oxygens (including phenoxy) is 2. The molecule has 2 saturated heterocycles. The van der Waals surface area contributed by atoms with Crippen LogP contribution in [0.4, 0.5) is 20.6 Å². The van der Waals surface area contributed by atoms with Crippen molar-refractivity contribution in [2.24, 2.45) is 5.73 Å². The Kier molecular flexibility index (Phi) is 4.44. The predicted octanol–water partition coefficient (Wildman–Crippen LogP) is 1.34. The molecular formula is C15H20FN3O3. The summed E-state index contributed by atoms with van der Waals surface area (Å²) in [6.45, 7) is 3.34. The van der Waals surface area contributed by atoms with Crippen LogP contribution in [-0.2, 0) is 9.47 Å². The van der Waals surface area contributed by atoms with Crippen molar-refractivity contribution in [1.82, 2.24) is 0 Å². The Hall–Kier alpha value is -1.86. The lowest BCUT2D eigenvalue weighted by Crippen LogP contribution is -2.28. The molecule has 1 atom stereocenters. The number of halogens is 1. The van der Waals surface area contributed by atoms with Gasteiger partial charge >= 0.3 is 6.09 Å². The normalized spacial score (nSPS) is 22.6.